The molecule has 3 nitrogen and oxygen atoms in total. The van der Waals surface area contributed by atoms with E-state index in [-0.39, 0.29) is 6.04 Å². The lowest BCUT2D eigenvalue weighted by atomic mass is 10.1. The molecule has 0 radical (unpaired) electrons. The molecule has 0 saturated heterocycles. The van der Waals surface area contributed by atoms with Crippen LogP contribution in [0.2, 0.25) is 0 Å². The number of nitrogens with one attached hydrogen (secondary N) is 1. The normalized spacial score (nSPS) is 17.8. The maximum atomic E-state index is 5.74. The van der Waals surface area contributed by atoms with E-state index in [1.54, 1.807) is 0 Å². The standard InChI is InChI=1S/C14H14N2O/c1-10-5-6-14-12(8-10)16-13(9-17-14)11-4-2-3-7-15-11/h2-8,13,16H,9H2,1H3. The average molecular weight is 226 g/mol. The molecule has 17 heavy (non-hydrogen) atoms. The number of hydrogen-bond acceptors (Lipinski definition) is 3. The average Bonchev–Trinajstić information content (AvgIpc) is 2.39. The van der Waals surface area contributed by atoms with Crippen molar-refractivity contribution in [3.63, 3.8) is 0 Å². The van der Waals surface area contributed by atoms with Gasteiger partial charge < -0.3 is 10.1 Å². The summed E-state index contributed by atoms with van der Waals surface area (Å²) in [5.74, 6) is 0.919. The van der Waals surface area contributed by atoms with Crippen molar-refractivity contribution < 1.29 is 4.74 Å². The van der Waals surface area contributed by atoms with Gasteiger partial charge in [-0.05, 0) is 36.8 Å². The van der Waals surface area contributed by atoms with Crippen LogP contribution in [-0.4, -0.2) is 11.6 Å². The Bertz CT molecular complexity index is 525. The van der Waals surface area contributed by atoms with Crippen molar-refractivity contribution in [3.8, 4) is 5.75 Å². The van der Waals surface area contributed by atoms with Gasteiger partial charge in [0.05, 0.1) is 11.4 Å². The third-order valence-corrected chi connectivity index (χ3v) is 2.92. The van der Waals surface area contributed by atoms with Gasteiger partial charge in [0.15, 0.2) is 0 Å². The number of rotatable bonds is 1. The lowest BCUT2D eigenvalue weighted by Gasteiger charge is -2.27. The lowest BCUT2D eigenvalue weighted by molar-refractivity contribution is 0.284. The highest BCUT2D eigenvalue weighted by Gasteiger charge is 2.20. The Morgan fingerprint density at radius 3 is 3.06 bits per heavy atom. The highest BCUT2D eigenvalue weighted by molar-refractivity contribution is 5.60. The van der Waals surface area contributed by atoms with Gasteiger partial charge in [0.2, 0.25) is 0 Å². The van der Waals surface area contributed by atoms with Gasteiger partial charge in [0.1, 0.15) is 18.4 Å². The minimum atomic E-state index is 0.130. The summed E-state index contributed by atoms with van der Waals surface area (Å²) in [4.78, 5) is 4.36. The largest absolute Gasteiger partial charge is 0.489 e. The Kier molecular flexibility index (Phi) is 2.44. The van der Waals surface area contributed by atoms with Crippen molar-refractivity contribution in [2.24, 2.45) is 0 Å². The Morgan fingerprint density at radius 2 is 2.24 bits per heavy atom. The number of fused-ring (bicyclic) bond motifs is 1. The van der Waals surface area contributed by atoms with Crippen LogP contribution in [0.5, 0.6) is 5.75 Å². The molecule has 0 amide bonds. The van der Waals surface area contributed by atoms with Gasteiger partial charge in [0.25, 0.3) is 0 Å². The first-order chi connectivity index (χ1) is 8.33. The molecule has 1 atom stereocenters. The highest BCUT2D eigenvalue weighted by Crippen LogP contribution is 2.33. The second kappa shape index (κ2) is 4.09. The fourth-order valence-electron chi connectivity index (χ4n) is 2.03. The van der Waals surface area contributed by atoms with E-state index < -0.39 is 0 Å². The van der Waals surface area contributed by atoms with Gasteiger partial charge in [-0.2, -0.15) is 0 Å². The van der Waals surface area contributed by atoms with Crippen LogP contribution in [-0.2, 0) is 0 Å². The molecule has 3 heteroatoms. The SMILES string of the molecule is Cc1ccc2c(c1)NC(c1ccccn1)CO2. The van der Waals surface area contributed by atoms with E-state index in [9.17, 15) is 0 Å². The van der Waals surface area contributed by atoms with E-state index in [1.807, 2.05) is 30.5 Å². The highest BCUT2D eigenvalue weighted by atomic mass is 16.5. The number of aromatic nitrogens is 1. The van der Waals surface area contributed by atoms with Crippen molar-refractivity contribution in [3.05, 3.63) is 53.9 Å². The van der Waals surface area contributed by atoms with E-state index in [1.165, 1.54) is 5.56 Å². The summed E-state index contributed by atoms with van der Waals surface area (Å²) < 4.78 is 5.74. The van der Waals surface area contributed by atoms with E-state index in [2.05, 4.69) is 29.4 Å². The Balaban J connectivity index is 1.90. The van der Waals surface area contributed by atoms with Gasteiger partial charge in [-0.25, -0.2) is 0 Å². The predicted octanol–water partition coefficient (Wildman–Crippen LogP) is 2.94. The first kappa shape index (κ1) is 10.1. The van der Waals surface area contributed by atoms with Crippen LogP contribution in [0.25, 0.3) is 0 Å². The summed E-state index contributed by atoms with van der Waals surface area (Å²) in [7, 11) is 0. The topological polar surface area (TPSA) is 34.2 Å². The van der Waals surface area contributed by atoms with E-state index in [4.69, 9.17) is 4.74 Å². The molecule has 1 aromatic heterocycles. The first-order valence-electron chi connectivity index (χ1n) is 5.74. The van der Waals surface area contributed by atoms with E-state index in [0.717, 1.165) is 17.1 Å². The van der Waals surface area contributed by atoms with E-state index >= 15 is 0 Å². The number of aryl methyl sites for hydroxylation is 1. The van der Waals surface area contributed by atoms with Crippen LogP contribution in [0.15, 0.2) is 42.6 Å². The fourth-order valence-corrected chi connectivity index (χ4v) is 2.03. The molecule has 86 valence electrons. The van der Waals surface area contributed by atoms with Gasteiger partial charge >= 0.3 is 0 Å². The second-order valence-corrected chi connectivity index (χ2v) is 4.26. The molecule has 1 aliphatic heterocycles. The third-order valence-electron chi connectivity index (χ3n) is 2.92. The zero-order valence-electron chi connectivity index (χ0n) is 9.68. The molecule has 2 heterocycles. The molecule has 3 rings (SSSR count). The van der Waals surface area contributed by atoms with Crippen LogP contribution >= 0.6 is 0 Å². The Hall–Kier alpha value is -2.03. The van der Waals surface area contributed by atoms with Crippen LogP contribution < -0.4 is 10.1 Å². The monoisotopic (exact) mass is 226 g/mol. The van der Waals surface area contributed by atoms with Crippen LogP contribution in [0, 0.1) is 6.92 Å². The molecule has 1 unspecified atom stereocenters. The number of hydrogen-bond donors (Lipinski definition) is 1. The molecule has 0 spiro atoms. The molecule has 0 saturated carbocycles. The fraction of sp³-hybridized carbons (Fsp3) is 0.214. The molecule has 0 aliphatic carbocycles. The first-order valence-corrected chi connectivity index (χ1v) is 5.74. The number of anilines is 1. The second-order valence-electron chi connectivity index (χ2n) is 4.26. The number of pyridine rings is 1. The predicted molar refractivity (Wildman–Crippen MR) is 67.3 cm³/mol. The van der Waals surface area contributed by atoms with Crippen molar-refractivity contribution in [1.29, 1.82) is 0 Å². The minimum absolute atomic E-state index is 0.130. The number of benzene rings is 1. The summed E-state index contributed by atoms with van der Waals surface area (Å²) in [6.07, 6.45) is 1.81. The molecule has 1 aliphatic rings. The maximum absolute atomic E-state index is 5.74. The zero-order chi connectivity index (χ0) is 11.7. The van der Waals surface area contributed by atoms with Gasteiger partial charge in [-0.3, -0.25) is 4.98 Å². The molecule has 1 N–H and O–H groups in total. The van der Waals surface area contributed by atoms with Crippen molar-refractivity contribution >= 4 is 5.69 Å². The summed E-state index contributed by atoms with van der Waals surface area (Å²) in [5.41, 5.74) is 3.29. The smallest absolute Gasteiger partial charge is 0.142 e. The molecule has 1 aromatic carbocycles. The van der Waals surface area contributed by atoms with Crippen LogP contribution in [0.1, 0.15) is 17.3 Å². The lowest BCUT2D eigenvalue weighted by Crippen LogP contribution is -2.24. The summed E-state index contributed by atoms with van der Waals surface area (Å²) in [6.45, 7) is 2.69. The number of ether oxygens (including phenoxy) is 1. The van der Waals surface area contributed by atoms with Gasteiger partial charge in [0, 0.05) is 6.20 Å². The van der Waals surface area contributed by atoms with Crippen molar-refractivity contribution in [2.45, 2.75) is 13.0 Å². The molecule has 2 aromatic rings. The molecule has 0 fully saturated rings. The molecular weight excluding hydrogens is 212 g/mol. The molecular formula is C14H14N2O. The van der Waals surface area contributed by atoms with Crippen LogP contribution in [0.3, 0.4) is 0 Å². The summed E-state index contributed by atoms with van der Waals surface area (Å²) >= 11 is 0. The van der Waals surface area contributed by atoms with Crippen molar-refractivity contribution in [1.82, 2.24) is 4.98 Å². The summed E-state index contributed by atoms with van der Waals surface area (Å²) in [5, 5.41) is 3.47. The van der Waals surface area contributed by atoms with Gasteiger partial charge in [-0.15, -0.1) is 0 Å². The summed E-state index contributed by atoms with van der Waals surface area (Å²) in [6, 6.07) is 12.2. The Morgan fingerprint density at radius 1 is 1.29 bits per heavy atom. The van der Waals surface area contributed by atoms with Crippen LogP contribution in [0.4, 0.5) is 5.69 Å². The third kappa shape index (κ3) is 1.96. The van der Waals surface area contributed by atoms with Crippen molar-refractivity contribution in [2.75, 3.05) is 11.9 Å². The quantitative estimate of drug-likeness (QED) is 0.811. The molecule has 0 bridgehead atoms. The van der Waals surface area contributed by atoms with Gasteiger partial charge in [-0.1, -0.05) is 12.1 Å². The zero-order valence-corrected chi connectivity index (χ0v) is 9.68. The number of nitrogens with zero attached hydrogens (tertiary/aromatic N) is 1. The van der Waals surface area contributed by atoms with E-state index in [0.29, 0.717) is 6.61 Å². The minimum Gasteiger partial charge on any atom is -0.489 e. The Labute approximate surface area is 100 Å². The maximum Gasteiger partial charge on any atom is 0.142 e.